The first-order valence-corrected chi connectivity index (χ1v) is 5.75. The lowest BCUT2D eigenvalue weighted by Gasteiger charge is -2.11. The molecule has 1 aliphatic carbocycles. The van der Waals surface area contributed by atoms with Crippen molar-refractivity contribution in [3.05, 3.63) is 0 Å². The van der Waals surface area contributed by atoms with Gasteiger partial charge in [-0.25, -0.2) is 4.79 Å². The molecule has 1 saturated carbocycles. The van der Waals surface area contributed by atoms with Gasteiger partial charge in [0, 0.05) is 18.4 Å². The number of amides is 3. The number of hydrogen-bond donors (Lipinski definition) is 3. The zero-order valence-corrected chi connectivity index (χ0v) is 9.91. The van der Waals surface area contributed by atoms with Gasteiger partial charge >= 0.3 is 12.0 Å². The third-order valence-corrected chi connectivity index (χ3v) is 2.71. The number of urea groups is 1. The molecule has 3 N–H and O–H groups in total. The summed E-state index contributed by atoms with van der Waals surface area (Å²) in [5.41, 5.74) is -0.145. The molecular weight excluding hydrogens is 224 g/mol. The number of carboxylic acids is 1. The van der Waals surface area contributed by atoms with Crippen molar-refractivity contribution in [2.75, 3.05) is 0 Å². The van der Waals surface area contributed by atoms with E-state index in [-0.39, 0.29) is 24.3 Å². The summed E-state index contributed by atoms with van der Waals surface area (Å²) in [5, 5.41) is 13.3. The third-order valence-electron chi connectivity index (χ3n) is 2.71. The van der Waals surface area contributed by atoms with Crippen molar-refractivity contribution in [3.63, 3.8) is 0 Å². The molecule has 1 aliphatic rings. The van der Waals surface area contributed by atoms with Gasteiger partial charge in [-0.1, -0.05) is 0 Å². The minimum Gasteiger partial charge on any atom is -0.481 e. The Morgan fingerprint density at radius 2 is 1.76 bits per heavy atom. The number of carbonyl (C=O) groups excluding carboxylic acids is 2. The summed E-state index contributed by atoms with van der Waals surface area (Å²) in [7, 11) is 0. The van der Waals surface area contributed by atoms with Crippen LogP contribution in [-0.4, -0.2) is 28.6 Å². The largest absolute Gasteiger partial charge is 0.481 e. The minimum absolute atomic E-state index is 0.0531. The molecule has 6 heteroatoms. The first-order valence-electron chi connectivity index (χ1n) is 5.75. The summed E-state index contributed by atoms with van der Waals surface area (Å²) < 4.78 is 0. The van der Waals surface area contributed by atoms with E-state index in [4.69, 9.17) is 5.11 Å². The standard InChI is InChI=1S/C11H18N2O4/c1-11(6-7-11)13-10(17)12-8(14)4-2-3-5-9(15)16/h2-7H2,1H3,(H,15,16)(H2,12,13,14,17). The molecule has 0 unspecified atom stereocenters. The zero-order chi connectivity index (χ0) is 12.9. The van der Waals surface area contributed by atoms with Crippen molar-refractivity contribution in [2.24, 2.45) is 0 Å². The summed E-state index contributed by atoms with van der Waals surface area (Å²) in [6.45, 7) is 1.92. The summed E-state index contributed by atoms with van der Waals surface area (Å²) >= 11 is 0. The van der Waals surface area contributed by atoms with E-state index >= 15 is 0 Å². The monoisotopic (exact) mass is 242 g/mol. The molecule has 0 radical (unpaired) electrons. The molecule has 1 rings (SSSR count). The highest BCUT2D eigenvalue weighted by Gasteiger charge is 2.38. The molecular formula is C11H18N2O4. The first-order chi connectivity index (χ1) is 7.91. The van der Waals surface area contributed by atoms with E-state index < -0.39 is 12.0 Å². The van der Waals surface area contributed by atoms with Gasteiger partial charge in [-0.15, -0.1) is 0 Å². The van der Waals surface area contributed by atoms with Crippen LogP contribution in [0.4, 0.5) is 4.79 Å². The second kappa shape index (κ2) is 5.65. The van der Waals surface area contributed by atoms with Gasteiger partial charge < -0.3 is 10.4 Å². The summed E-state index contributed by atoms with van der Waals surface area (Å²) in [5.74, 6) is -1.23. The van der Waals surface area contributed by atoms with Crippen LogP contribution in [0.5, 0.6) is 0 Å². The van der Waals surface area contributed by atoms with E-state index in [0.29, 0.717) is 12.8 Å². The fraction of sp³-hybridized carbons (Fsp3) is 0.727. The molecule has 17 heavy (non-hydrogen) atoms. The Labute approximate surface area is 99.8 Å². The third kappa shape index (κ3) is 5.89. The molecule has 0 aliphatic heterocycles. The number of carbonyl (C=O) groups is 3. The van der Waals surface area contributed by atoms with E-state index in [9.17, 15) is 14.4 Å². The average Bonchev–Trinajstić information content (AvgIpc) is 2.90. The van der Waals surface area contributed by atoms with Gasteiger partial charge in [-0.05, 0) is 32.6 Å². The molecule has 3 amide bonds. The second-order valence-corrected chi connectivity index (χ2v) is 4.66. The van der Waals surface area contributed by atoms with Crippen LogP contribution in [0.2, 0.25) is 0 Å². The lowest BCUT2D eigenvalue weighted by Crippen LogP contribution is -2.44. The van der Waals surface area contributed by atoms with Crippen molar-refractivity contribution in [3.8, 4) is 0 Å². The Balaban J connectivity index is 2.07. The van der Waals surface area contributed by atoms with Gasteiger partial charge in [0.2, 0.25) is 5.91 Å². The van der Waals surface area contributed by atoms with Gasteiger partial charge in [0.1, 0.15) is 0 Å². The van der Waals surface area contributed by atoms with Gasteiger partial charge in [-0.3, -0.25) is 14.9 Å². The molecule has 0 aromatic rings. The SMILES string of the molecule is CC1(NC(=O)NC(=O)CCCCC(=O)O)CC1. The van der Waals surface area contributed by atoms with Crippen LogP contribution in [0.1, 0.15) is 45.4 Å². The predicted octanol–water partition coefficient (Wildman–Crippen LogP) is 1.01. The lowest BCUT2D eigenvalue weighted by molar-refractivity contribution is -0.137. The number of imide groups is 1. The summed E-state index contributed by atoms with van der Waals surface area (Å²) in [6.07, 6.45) is 3.03. The molecule has 96 valence electrons. The normalized spacial score (nSPS) is 16.1. The van der Waals surface area contributed by atoms with Crippen LogP contribution < -0.4 is 10.6 Å². The Kier molecular flexibility index (Phi) is 4.48. The van der Waals surface area contributed by atoms with Crippen LogP contribution >= 0.6 is 0 Å². The number of unbranched alkanes of at least 4 members (excludes halogenated alkanes) is 1. The molecule has 0 aromatic heterocycles. The van der Waals surface area contributed by atoms with E-state index in [1.54, 1.807) is 0 Å². The van der Waals surface area contributed by atoms with Crippen LogP contribution in [0.3, 0.4) is 0 Å². The van der Waals surface area contributed by atoms with E-state index in [0.717, 1.165) is 12.8 Å². The van der Waals surface area contributed by atoms with Crippen molar-refractivity contribution < 1.29 is 19.5 Å². The van der Waals surface area contributed by atoms with Crippen molar-refractivity contribution in [2.45, 2.75) is 51.0 Å². The summed E-state index contributed by atoms with van der Waals surface area (Å²) in [6, 6.07) is -0.465. The summed E-state index contributed by atoms with van der Waals surface area (Å²) in [4.78, 5) is 32.8. The van der Waals surface area contributed by atoms with E-state index in [1.807, 2.05) is 6.92 Å². The van der Waals surface area contributed by atoms with Crippen molar-refractivity contribution in [1.29, 1.82) is 0 Å². The van der Waals surface area contributed by atoms with Gasteiger partial charge in [0.05, 0.1) is 0 Å². The smallest absolute Gasteiger partial charge is 0.321 e. The Hall–Kier alpha value is -1.59. The quantitative estimate of drug-likeness (QED) is 0.606. The van der Waals surface area contributed by atoms with Gasteiger partial charge in [0.15, 0.2) is 0 Å². The average molecular weight is 242 g/mol. The molecule has 6 nitrogen and oxygen atoms in total. The first kappa shape index (κ1) is 13.5. The van der Waals surface area contributed by atoms with Crippen LogP contribution in [0, 0.1) is 0 Å². The molecule has 0 spiro atoms. The van der Waals surface area contributed by atoms with Crippen molar-refractivity contribution >= 4 is 17.9 Å². The molecule has 0 saturated heterocycles. The molecule has 0 heterocycles. The number of nitrogens with one attached hydrogen (secondary N) is 2. The highest BCUT2D eigenvalue weighted by molar-refractivity contribution is 5.94. The molecule has 0 aromatic carbocycles. The molecule has 0 bridgehead atoms. The molecule has 0 atom stereocenters. The fourth-order valence-electron chi connectivity index (χ4n) is 1.37. The number of carboxylic acid groups (broad SMARTS) is 1. The fourth-order valence-corrected chi connectivity index (χ4v) is 1.37. The topological polar surface area (TPSA) is 95.5 Å². The Morgan fingerprint density at radius 3 is 2.29 bits per heavy atom. The number of hydrogen-bond acceptors (Lipinski definition) is 3. The second-order valence-electron chi connectivity index (χ2n) is 4.66. The van der Waals surface area contributed by atoms with Gasteiger partial charge in [0.25, 0.3) is 0 Å². The minimum atomic E-state index is -0.871. The Morgan fingerprint density at radius 1 is 1.18 bits per heavy atom. The van der Waals surface area contributed by atoms with E-state index in [1.165, 1.54) is 0 Å². The van der Waals surface area contributed by atoms with Crippen LogP contribution in [0.25, 0.3) is 0 Å². The highest BCUT2D eigenvalue weighted by Crippen LogP contribution is 2.33. The maximum absolute atomic E-state index is 11.3. The van der Waals surface area contributed by atoms with Crippen molar-refractivity contribution in [1.82, 2.24) is 10.6 Å². The van der Waals surface area contributed by atoms with Crippen LogP contribution in [-0.2, 0) is 9.59 Å². The zero-order valence-electron chi connectivity index (χ0n) is 9.91. The number of rotatable bonds is 6. The van der Waals surface area contributed by atoms with Gasteiger partial charge in [-0.2, -0.15) is 0 Å². The Bertz CT molecular complexity index is 323. The van der Waals surface area contributed by atoms with Crippen LogP contribution in [0.15, 0.2) is 0 Å². The number of aliphatic carboxylic acids is 1. The maximum atomic E-state index is 11.3. The van der Waals surface area contributed by atoms with E-state index in [2.05, 4.69) is 10.6 Å². The lowest BCUT2D eigenvalue weighted by atomic mass is 10.2. The maximum Gasteiger partial charge on any atom is 0.321 e. The predicted molar refractivity (Wildman–Crippen MR) is 60.4 cm³/mol. The highest BCUT2D eigenvalue weighted by atomic mass is 16.4. The molecule has 1 fully saturated rings.